The van der Waals surface area contributed by atoms with Crippen molar-refractivity contribution in [2.75, 3.05) is 6.54 Å². The Morgan fingerprint density at radius 3 is 2.47 bits per heavy atom. The van der Waals surface area contributed by atoms with Gasteiger partial charge in [0, 0.05) is 6.54 Å². The molecule has 0 aromatic rings. The number of hydrogen-bond donors (Lipinski definition) is 2. The summed E-state index contributed by atoms with van der Waals surface area (Å²) in [5.74, 6) is -0.238. The van der Waals surface area contributed by atoms with E-state index in [0.29, 0.717) is 13.0 Å². The number of alkyl carbamates (subject to hydrolysis) is 1. The molecular weight excluding hydrogens is 220 g/mol. The van der Waals surface area contributed by atoms with Crippen molar-refractivity contribution in [2.24, 2.45) is 0 Å². The van der Waals surface area contributed by atoms with Gasteiger partial charge < -0.3 is 15.4 Å². The van der Waals surface area contributed by atoms with Gasteiger partial charge in [0.25, 0.3) is 0 Å². The minimum absolute atomic E-state index is 0.238. The van der Waals surface area contributed by atoms with Crippen LogP contribution in [0.5, 0.6) is 0 Å². The molecule has 5 heteroatoms. The molecule has 0 aliphatic heterocycles. The van der Waals surface area contributed by atoms with Gasteiger partial charge in [0.2, 0.25) is 5.91 Å². The van der Waals surface area contributed by atoms with Gasteiger partial charge in [-0.2, -0.15) is 0 Å². The third-order valence-electron chi connectivity index (χ3n) is 1.77. The molecule has 0 aliphatic carbocycles. The molecule has 0 spiro atoms. The van der Waals surface area contributed by atoms with E-state index in [1.165, 1.54) is 0 Å². The van der Waals surface area contributed by atoms with Crippen molar-refractivity contribution in [1.82, 2.24) is 10.6 Å². The van der Waals surface area contributed by atoms with Crippen molar-refractivity contribution in [3.8, 4) is 0 Å². The van der Waals surface area contributed by atoms with E-state index in [0.717, 1.165) is 0 Å². The van der Waals surface area contributed by atoms with Crippen LogP contribution in [-0.2, 0) is 9.53 Å². The Labute approximate surface area is 103 Å². The molecule has 0 bridgehead atoms. The van der Waals surface area contributed by atoms with Crippen molar-refractivity contribution >= 4 is 12.0 Å². The first kappa shape index (κ1) is 15.5. The van der Waals surface area contributed by atoms with E-state index < -0.39 is 17.7 Å². The number of ether oxygens (including phenoxy) is 1. The van der Waals surface area contributed by atoms with Crippen LogP contribution in [-0.4, -0.2) is 30.2 Å². The van der Waals surface area contributed by atoms with Crippen molar-refractivity contribution in [3.63, 3.8) is 0 Å². The smallest absolute Gasteiger partial charge is 0.408 e. The minimum atomic E-state index is -0.616. The molecule has 0 saturated heterocycles. The van der Waals surface area contributed by atoms with Crippen molar-refractivity contribution < 1.29 is 14.3 Å². The number of rotatable bonds is 5. The summed E-state index contributed by atoms with van der Waals surface area (Å²) in [5.41, 5.74) is -0.566. The number of carbonyl (C=O) groups is 2. The summed E-state index contributed by atoms with van der Waals surface area (Å²) in [5, 5.41) is 5.14. The zero-order valence-corrected chi connectivity index (χ0v) is 11.0. The van der Waals surface area contributed by atoms with Gasteiger partial charge in [0.05, 0.1) is 0 Å². The zero-order chi connectivity index (χ0) is 13.5. The van der Waals surface area contributed by atoms with Gasteiger partial charge in [-0.05, 0) is 34.1 Å². The molecule has 0 rings (SSSR count). The highest BCUT2D eigenvalue weighted by Crippen LogP contribution is 2.06. The summed E-state index contributed by atoms with van der Waals surface area (Å²) in [6, 6.07) is -0.616. The maximum absolute atomic E-state index is 11.5. The summed E-state index contributed by atoms with van der Waals surface area (Å²) in [6.07, 6.45) is 1.82. The van der Waals surface area contributed by atoms with Crippen LogP contribution in [0.25, 0.3) is 0 Å². The highest BCUT2D eigenvalue weighted by molar-refractivity contribution is 5.85. The first-order chi connectivity index (χ1) is 7.76. The maximum Gasteiger partial charge on any atom is 0.408 e. The zero-order valence-electron chi connectivity index (χ0n) is 11.0. The molecule has 0 aliphatic rings. The van der Waals surface area contributed by atoms with Gasteiger partial charge in [-0.3, -0.25) is 4.79 Å². The second kappa shape index (κ2) is 6.93. The monoisotopic (exact) mass is 242 g/mol. The largest absolute Gasteiger partial charge is 0.444 e. The molecule has 0 radical (unpaired) electrons. The first-order valence-corrected chi connectivity index (χ1v) is 5.64. The van der Waals surface area contributed by atoms with Crippen LogP contribution >= 0.6 is 0 Å². The SMILES string of the molecule is C=CCCNC(=O)[C@H](C)NC(=O)OC(C)(C)C. The Hall–Kier alpha value is -1.52. The van der Waals surface area contributed by atoms with Crippen LogP contribution in [0, 0.1) is 0 Å². The summed E-state index contributed by atoms with van der Waals surface area (Å²) >= 11 is 0. The molecule has 0 aromatic heterocycles. The molecule has 0 fully saturated rings. The van der Waals surface area contributed by atoms with Crippen LogP contribution in [0.1, 0.15) is 34.1 Å². The van der Waals surface area contributed by atoms with E-state index >= 15 is 0 Å². The lowest BCUT2D eigenvalue weighted by Crippen LogP contribution is -2.46. The van der Waals surface area contributed by atoms with E-state index in [1.807, 2.05) is 0 Å². The van der Waals surface area contributed by atoms with Crippen LogP contribution < -0.4 is 10.6 Å². The molecule has 5 nitrogen and oxygen atoms in total. The third-order valence-corrected chi connectivity index (χ3v) is 1.77. The summed E-state index contributed by atoms with van der Waals surface area (Å²) in [7, 11) is 0. The van der Waals surface area contributed by atoms with Crippen LogP contribution in [0.3, 0.4) is 0 Å². The maximum atomic E-state index is 11.5. The normalized spacial score (nSPS) is 12.5. The average molecular weight is 242 g/mol. The number of amides is 2. The molecule has 2 N–H and O–H groups in total. The second-order valence-corrected chi connectivity index (χ2v) is 4.74. The second-order valence-electron chi connectivity index (χ2n) is 4.74. The van der Waals surface area contributed by atoms with Gasteiger partial charge >= 0.3 is 6.09 Å². The molecule has 98 valence electrons. The van der Waals surface area contributed by atoms with Gasteiger partial charge in [0.1, 0.15) is 11.6 Å². The molecule has 17 heavy (non-hydrogen) atoms. The number of nitrogens with one attached hydrogen (secondary N) is 2. The molecular formula is C12H22N2O3. The van der Waals surface area contributed by atoms with Crippen molar-refractivity contribution in [3.05, 3.63) is 12.7 Å². The van der Waals surface area contributed by atoms with E-state index in [9.17, 15) is 9.59 Å². The third kappa shape index (κ3) is 8.30. The van der Waals surface area contributed by atoms with E-state index in [4.69, 9.17) is 4.74 Å². The molecule has 0 unspecified atom stereocenters. The summed E-state index contributed by atoms with van der Waals surface area (Å²) < 4.78 is 5.04. The van der Waals surface area contributed by atoms with Gasteiger partial charge in [0.15, 0.2) is 0 Å². The summed E-state index contributed by atoms with van der Waals surface area (Å²) in [4.78, 5) is 22.9. The number of carbonyl (C=O) groups excluding carboxylic acids is 2. The Kier molecular flexibility index (Phi) is 6.31. The lowest BCUT2D eigenvalue weighted by molar-refractivity contribution is -0.122. The predicted octanol–water partition coefficient (Wildman–Crippen LogP) is 1.59. The summed E-state index contributed by atoms with van der Waals surface area (Å²) in [6.45, 7) is 11.0. The van der Waals surface area contributed by atoms with E-state index in [-0.39, 0.29) is 5.91 Å². The van der Waals surface area contributed by atoms with E-state index in [1.54, 1.807) is 33.8 Å². The van der Waals surface area contributed by atoms with Gasteiger partial charge in [-0.1, -0.05) is 6.08 Å². The standard InChI is InChI=1S/C12H22N2O3/c1-6-7-8-13-10(15)9(2)14-11(16)17-12(3,4)5/h6,9H,1,7-8H2,2-5H3,(H,13,15)(H,14,16)/t9-/m0/s1. The fraction of sp³-hybridized carbons (Fsp3) is 0.667. The average Bonchev–Trinajstić information content (AvgIpc) is 2.14. The molecule has 1 atom stereocenters. The lowest BCUT2D eigenvalue weighted by atomic mass is 10.2. The van der Waals surface area contributed by atoms with Crippen molar-refractivity contribution in [1.29, 1.82) is 0 Å². The van der Waals surface area contributed by atoms with Crippen LogP contribution in [0.2, 0.25) is 0 Å². The Morgan fingerprint density at radius 1 is 1.41 bits per heavy atom. The Morgan fingerprint density at radius 2 is 2.00 bits per heavy atom. The fourth-order valence-electron chi connectivity index (χ4n) is 1.00. The quantitative estimate of drug-likeness (QED) is 0.568. The molecule has 0 aromatic carbocycles. The van der Waals surface area contributed by atoms with E-state index in [2.05, 4.69) is 17.2 Å². The Balaban J connectivity index is 3.99. The van der Waals surface area contributed by atoms with Crippen LogP contribution in [0.4, 0.5) is 4.79 Å². The highest BCUT2D eigenvalue weighted by Gasteiger charge is 2.20. The topological polar surface area (TPSA) is 67.4 Å². The molecule has 0 saturated carbocycles. The number of hydrogen-bond acceptors (Lipinski definition) is 3. The first-order valence-electron chi connectivity index (χ1n) is 5.64. The predicted molar refractivity (Wildman–Crippen MR) is 66.7 cm³/mol. The fourth-order valence-corrected chi connectivity index (χ4v) is 1.00. The van der Waals surface area contributed by atoms with Crippen molar-refractivity contribution in [2.45, 2.75) is 45.8 Å². The molecule has 0 heterocycles. The minimum Gasteiger partial charge on any atom is -0.444 e. The Bertz CT molecular complexity index is 282. The van der Waals surface area contributed by atoms with Gasteiger partial charge in [-0.15, -0.1) is 6.58 Å². The van der Waals surface area contributed by atoms with Crippen LogP contribution in [0.15, 0.2) is 12.7 Å². The van der Waals surface area contributed by atoms with Gasteiger partial charge in [-0.25, -0.2) is 4.79 Å². The molecule has 2 amide bonds. The highest BCUT2D eigenvalue weighted by atomic mass is 16.6. The lowest BCUT2D eigenvalue weighted by Gasteiger charge is -2.21.